The van der Waals surface area contributed by atoms with Gasteiger partial charge in [-0.05, 0) is 18.6 Å². The van der Waals surface area contributed by atoms with Crippen molar-refractivity contribution in [2.24, 2.45) is 0 Å². The molecule has 1 aromatic heterocycles. The third kappa shape index (κ3) is 4.40. The van der Waals surface area contributed by atoms with E-state index in [1.165, 1.54) is 6.07 Å². The smallest absolute Gasteiger partial charge is 0.252 e. The number of nitrogens with zero attached hydrogens (tertiary/aromatic N) is 1. The molecule has 0 unspecified atom stereocenters. The van der Waals surface area contributed by atoms with Crippen LogP contribution in [0, 0.1) is 0 Å². The number of halogens is 1. The Labute approximate surface area is 130 Å². The molecule has 1 amide bonds. The number of aromatic nitrogens is 1. The zero-order valence-electron chi connectivity index (χ0n) is 12.9. The fourth-order valence-corrected chi connectivity index (χ4v) is 1.97. The molecule has 0 bridgehead atoms. The van der Waals surface area contributed by atoms with E-state index in [-0.39, 0.29) is 23.8 Å². The fraction of sp³-hybridized carbons (Fsp3) is 0.600. The topological polar surface area (TPSA) is 82.5 Å². The van der Waals surface area contributed by atoms with Crippen molar-refractivity contribution in [2.75, 3.05) is 13.2 Å². The first-order valence-electron chi connectivity index (χ1n) is 6.90. The lowest BCUT2D eigenvalue weighted by atomic mass is 9.90. The Morgan fingerprint density at radius 3 is 2.29 bits per heavy atom. The maximum Gasteiger partial charge on any atom is 0.252 e. The molecule has 0 atom stereocenters. The highest BCUT2D eigenvalue weighted by Crippen LogP contribution is 2.23. The van der Waals surface area contributed by atoms with Crippen molar-refractivity contribution < 1.29 is 15.0 Å². The second kappa shape index (κ2) is 6.73. The summed E-state index contributed by atoms with van der Waals surface area (Å²) in [7, 11) is 0. The highest BCUT2D eigenvalue weighted by Gasteiger charge is 2.29. The van der Waals surface area contributed by atoms with Gasteiger partial charge >= 0.3 is 0 Å². The first-order valence-corrected chi connectivity index (χ1v) is 7.27. The largest absolute Gasteiger partial charge is 0.394 e. The van der Waals surface area contributed by atoms with Crippen LogP contribution in [0.3, 0.4) is 0 Å². The van der Waals surface area contributed by atoms with Gasteiger partial charge in [-0.1, -0.05) is 39.3 Å². The quantitative estimate of drug-likeness (QED) is 0.725. The second-order valence-electron chi connectivity index (χ2n) is 6.22. The molecule has 21 heavy (non-hydrogen) atoms. The van der Waals surface area contributed by atoms with Crippen LogP contribution in [0.4, 0.5) is 0 Å². The van der Waals surface area contributed by atoms with Crippen LogP contribution in [0.2, 0.25) is 5.15 Å². The van der Waals surface area contributed by atoms with Crippen LogP contribution >= 0.6 is 11.6 Å². The first kappa shape index (κ1) is 17.9. The van der Waals surface area contributed by atoms with Crippen LogP contribution in [0.15, 0.2) is 12.1 Å². The lowest BCUT2D eigenvalue weighted by Gasteiger charge is -2.30. The van der Waals surface area contributed by atoms with Gasteiger partial charge in [-0.2, -0.15) is 0 Å². The third-order valence-electron chi connectivity index (χ3n) is 3.49. The van der Waals surface area contributed by atoms with Crippen molar-refractivity contribution in [1.82, 2.24) is 10.3 Å². The molecule has 0 saturated heterocycles. The lowest BCUT2D eigenvalue weighted by Crippen LogP contribution is -2.53. The monoisotopic (exact) mass is 314 g/mol. The maximum atomic E-state index is 12.3. The standard InChI is InChI=1S/C15H23ClN2O3/c1-5-15(8-19,9-20)18-13(21)10-6-11(14(2,3)4)17-12(16)7-10/h6-7,19-20H,5,8-9H2,1-4H3,(H,18,21). The molecule has 118 valence electrons. The van der Waals surface area contributed by atoms with E-state index in [4.69, 9.17) is 11.6 Å². The van der Waals surface area contributed by atoms with E-state index in [0.29, 0.717) is 17.7 Å². The minimum absolute atomic E-state index is 0.239. The summed E-state index contributed by atoms with van der Waals surface area (Å²) in [5.74, 6) is -0.394. The van der Waals surface area contributed by atoms with Crippen molar-refractivity contribution in [3.63, 3.8) is 0 Å². The number of aliphatic hydroxyl groups excluding tert-OH is 2. The van der Waals surface area contributed by atoms with Crippen LogP contribution in [0.25, 0.3) is 0 Å². The molecular weight excluding hydrogens is 292 g/mol. The van der Waals surface area contributed by atoms with Crippen molar-refractivity contribution in [3.05, 3.63) is 28.5 Å². The SMILES string of the molecule is CCC(CO)(CO)NC(=O)c1cc(Cl)nc(C(C)(C)C)c1. The maximum absolute atomic E-state index is 12.3. The Morgan fingerprint density at radius 1 is 1.29 bits per heavy atom. The molecule has 0 radical (unpaired) electrons. The Balaban J connectivity index is 3.11. The van der Waals surface area contributed by atoms with Gasteiger partial charge in [-0.3, -0.25) is 4.79 Å². The van der Waals surface area contributed by atoms with Crippen LogP contribution < -0.4 is 5.32 Å². The van der Waals surface area contributed by atoms with Crippen molar-refractivity contribution in [3.8, 4) is 0 Å². The number of nitrogens with one attached hydrogen (secondary N) is 1. The van der Waals surface area contributed by atoms with Gasteiger partial charge in [0.2, 0.25) is 0 Å². The fourth-order valence-electron chi connectivity index (χ4n) is 1.77. The summed E-state index contributed by atoms with van der Waals surface area (Å²) in [5, 5.41) is 21.7. The van der Waals surface area contributed by atoms with E-state index in [0.717, 1.165) is 0 Å². The minimum Gasteiger partial charge on any atom is -0.394 e. The third-order valence-corrected chi connectivity index (χ3v) is 3.68. The Bertz CT molecular complexity index is 500. The van der Waals surface area contributed by atoms with Gasteiger partial charge in [0.1, 0.15) is 5.15 Å². The molecule has 6 heteroatoms. The van der Waals surface area contributed by atoms with E-state index in [2.05, 4.69) is 10.3 Å². The van der Waals surface area contributed by atoms with E-state index in [1.54, 1.807) is 13.0 Å². The van der Waals surface area contributed by atoms with Crippen LogP contribution in [0.5, 0.6) is 0 Å². The molecule has 0 aliphatic rings. The molecule has 0 saturated carbocycles. The molecule has 0 aliphatic carbocycles. The summed E-state index contributed by atoms with van der Waals surface area (Å²) in [6.07, 6.45) is 0.413. The highest BCUT2D eigenvalue weighted by atomic mass is 35.5. The van der Waals surface area contributed by atoms with Gasteiger partial charge < -0.3 is 15.5 Å². The number of rotatable bonds is 5. The van der Waals surface area contributed by atoms with Crippen molar-refractivity contribution in [1.29, 1.82) is 0 Å². The number of hydrogen-bond acceptors (Lipinski definition) is 4. The van der Waals surface area contributed by atoms with Gasteiger partial charge in [0, 0.05) is 16.7 Å². The summed E-state index contributed by atoms with van der Waals surface area (Å²) in [4.78, 5) is 16.6. The molecule has 0 aromatic carbocycles. The normalized spacial score (nSPS) is 12.3. The average molecular weight is 315 g/mol. The molecule has 3 N–H and O–H groups in total. The predicted molar refractivity (Wildman–Crippen MR) is 82.6 cm³/mol. The van der Waals surface area contributed by atoms with Gasteiger partial charge in [0.15, 0.2) is 0 Å². The summed E-state index contributed by atoms with van der Waals surface area (Å²) < 4.78 is 0. The van der Waals surface area contributed by atoms with Crippen LogP contribution in [0.1, 0.15) is 50.2 Å². The van der Waals surface area contributed by atoms with Crippen molar-refractivity contribution >= 4 is 17.5 Å². The van der Waals surface area contributed by atoms with E-state index in [9.17, 15) is 15.0 Å². The summed E-state index contributed by atoms with van der Waals surface area (Å²) in [6.45, 7) is 7.04. The highest BCUT2D eigenvalue weighted by molar-refractivity contribution is 6.29. The number of hydrogen-bond donors (Lipinski definition) is 3. The summed E-state index contributed by atoms with van der Waals surface area (Å²) in [5.41, 5.74) is -0.209. The molecule has 0 spiro atoms. The van der Waals surface area contributed by atoms with E-state index >= 15 is 0 Å². The first-order chi connectivity index (χ1) is 9.67. The van der Waals surface area contributed by atoms with Crippen LogP contribution in [-0.4, -0.2) is 39.9 Å². The van der Waals surface area contributed by atoms with E-state index in [1.807, 2.05) is 20.8 Å². The summed E-state index contributed by atoms with van der Waals surface area (Å²) in [6, 6.07) is 3.15. The number of carbonyl (C=O) groups is 1. The molecule has 1 aromatic rings. The average Bonchev–Trinajstić information content (AvgIpc) is 2.43. The Hall–Kier alpha value is -1.17. The predicted octanol–water partition coefficient (Wildman–Crippen LogP) is 1.90. The summed E-state index contributed by atoms with van der Waals surface area (Å²) >= 11 is 5.98. The van der Waals surface area contributed by atoms with Gasteiger partial charge in [-0.15, -0.1) is 0 Å². The second-order valence-corrected chi connectivity index (χ2v) is 6.61. The molecule has 1 rings (SSSR count). The number of carbonyl (C=O) groups excluding carboxylic acids is 1. The Morgan fingerprint density at radius 2 is 1.86 bits per heavy atom. The number of pyridine rings is 1. The van der Waals surface area contributed by atoms with Gasteiger partial charge in [0.05, 0.1) is 18.8 Å². The van der Waals surface area contributed by atoms with Gasteiger partial charge in [-0.25, -0.2) is 4.98 Å². The molecule has 1 heterocycles. The van der Waals surface area contributed by atoms with Crippen LogP contribution in [-0.2, 0) is 5.41 Å². The van der Waals surface area contributed by atoms with Gasteiger partial charge in [0.25, 0.3) is 5.91 Å². The number of amides is 1. The molecule has 0 fully saturated rings. The Kier molecular flexibility index (Phi) is 5.73. The lowest BCUT2D eigenvalue weighted by molar-refractivity contribution is 0.0652. The molecule has 0 aliphatic heterocycles. The minimum atomic E-state index is -1.03. The molecule has 5 nitrogen and oxygen atoms in total. The molecular formula is C15H23ClN2O3. The zero-order valence-corrected chi connectivity index (χ0v) is 13.7. The number of aliphatic hydroxyl groups is 2. The van der Waals surface area contributed by atoms with Crippen molar-refractivity contribution in [2.45, 2.75) is 45.1 Å². The van der Waals surface area contributed by atoms with E-state index < -0.39 is 11.4 Å². The zero-order chi connectivity index (χ0) is 16.3.